The number of rotatable bonds is 4. The van der Waals surface area contributed by atoms with Crippen molar-refractivity contribution in [3.8, 4) is 0 Å². The fourth-order valence-corrected chi connectivity index (χ4v) is 1.10. The summed E-state index contributed by atoms with van der Waals surface area (Å²) >= 11 is 0. The molecule has 0 aromatic rings. The molecule has 0 aromatic carbocycles. The van der Waals surface area contributed by atoms with Gasteiger partial charge < -0.3 is 9.68 Å². The third kappa shape index (κ3) is 5.72. The molecule has 0 N–H and O–H groups in total. The van der Waals surface area contributed by atoms with Crippen LogP contribution >= 0.6 is 0 Å². The van der Waals surface area contributed by atoms with Gasteiger partial charge in [0.15, 0.2) is 0 Å². The zero-order valence-electron chi connectivity index (χ0n) is 11.1. The number of allylic oxidation sites excluding steroid dienone is 6. The second kappa shape index (κ2) is 8.36. The van der Waals surface area contributed by atoms with Gasteiger partial charge in [-0.2, -0.15) is 0 Å². The summed E-state index contributed by atoms with van der Waals surface area (Å²) in [6, 6.07) is 0. The Bertz CT molecular complexity index is 486. The first-order valence-corrected chi connectivity index (χ1v) is 5.85. The lowest BCUT2D eigenvalue weighted by molar-refractivity contribution is -0.138. The predicted octanol–water partition coefficient (Wildman–Crippen LogP) is 2.06. The van der Waals surface area contributed by atoms with Gasteiger partial charge in [-0.3, -0.25) is 0 Å². The minimum Gasteiger partial charge on any atom is -0.313 e. The molecule has 0 radical (unpaired) electrons. The highest BCUT2D eigenvalue weighted by Crippen LogP contribution is 2.00. The Morgan fingerprint density at radius 1 is 0.850 bits per heavy atom. The molecule has 0 fully saturated rings. The molecular weight excluding hydrogens is 260 g/mol. The lowest BCUT2D eigenvalue weighted by Gasteiger charge is -2.00. The van der Waals surface area contributed by atoms with E-state index in [0.717, 1.165) is 0 Å². The number of oxime groups is 2. The highest BCUT2D eigenvalue weighted by atomic mass is 16.7. The molecule has 0 saturated heterocycles. The number of nitrogens with zero attached hydrogens (tertiary/aromatic N) is 2. The van der Waals surface area contributed by atoms with Gasteiger partial charge in [0.05, 0.1) is 0 Å². The number of carbonyl (C=O) groups is 2. The fourth-order valence-electron chi connectivity index (χ4n) is 1.10. The van der Waals surface area contributed by atoms with E-state index in [-0.39, 0.29) is 0 Å². The average Bonchev–Trinajstić information content (AvgIpc) is 2.45. The largest absolute Gasteiger partial charge is 0.358 e. The molecule has 6 heteroatoms. The lowest BCUT2D eigenvalue weighted by Crippen LogP contribution is -2.04. The van der Waals surface area contributed by atoms with E-state index in [4.69, 9.17) is 0 Å². The maximum Gasteiger partial charge on any atom is 0.358 e. The van der Waals surface area contributed by atoms with Gasteiger partial charge in [-0.1, -0.05) is 22.5 Å². The standard InChI is InChI=1S/C14H14N2O4/c1-3-5-13(17)19-15-11-7-9-12(10-8-11)16-20-14(18)6-4-2/h3-10H,1-2H3. The SMILES string of the molecule is CC=CC(=O)ON=C1C=CC(=NOC(=O)C=CC)C=C1. The van der Waals surface area contributed by atoms with E-state index in [1.54, 1.807) is 50.3 Å². The molecule has 1 rings (SSSR count). The van der Waals surface area contributed by atoms with Crippen LogP contribution in [0.3, 0.4) is 0 Å². The van der Waals surface area contributed by atoms with Crippen molar-refractivity contribution in [1.29, 1.82) is 0 Å². The summed E-state index contributed by atoms with van der Waals surface area (Å²) in [4.78, 5) is 31.3. The van der Waals surface area contributed by atoms with Gasteiger partial charge in [0, 0.05) is 12.2 Å². The molecule has 0 unspecified atom stereocenters. The van der Waals surface area contributed by atoms with Crippen molar-refractivity contribution >= 4 is 23.4 Å². The number of hydrogen-bond donors (Lipinski definition) is 0. The smallest absolute Gasteiger partial charge is 0.313 e. The Hall–Kier alpha value is -2.76. The van der Waals surface area contributed by atoms with E-state index in [2.05, 4.69) is 20.0 Å². The fraction of sp³-hybridized carbons (Fsp3) is 0.143. The minimum atomic E-state index is -0.554. The van der Waals surface area contributed by atoms with E-state index >= 15 is 0 Å². The van der Waals surface area contributed by atoms with E-state index in [1.807, 2.05) is 0 Å². The molecule has 1 aliphatic carbocycles. The third-order valence-electron chi connectivity index (χ3n) is 1.94. The second-order valence-corrected chi connectivity index (χ2v) is 3.52. The molecule has 0 aromatic heterocycles. The Morgan fingerprint density at radius 3 is 1.50 bits per heavy atom. The molecular formula is C14H14N2O4. The first kappa shape index (κ1) is 15.3. The van der Waals surface area contributed by atoms with E-state index < -0.39 is 11.9 Å². The van der Waals surface area contributed by atoms with Gasteiger partial charge in [0.25, 0.3) is 0 Å². The molecule has 0 saturated carbocycles. The van der Waals surface area contributed by atoms with Crippen molar-refractivity contribution in [1.82, 2.24) is 0 Å². The monoisotopic (exact) mass is 274 g/mol. The lowest BCUT2D eigenvalue weighted by atomic mass is 10.1. The Balaban J connectivity index is 2.55. The number of hydrogen-bond acceptors (Lipinski definition) is 6. The predicted molar refractivity (Wildman–Crippen MR) is 75.0 cm³/mol. The van der Waals surface area contributed by atoms with Gasteiger partial charge in [-0.25, -0.2) is 9.59 Å². The van der Waals surface area contributed by atoms with E-state index in [0.29, 0.717) is 11.4 Å². The Morgan fingerprint density at radius 2 is 1.20 bits per heavy atom. The third-order valence-corrected chi connectivity index (χ3v) is 1.94. The van der Waals surface area contributed by atoms with E-state index in [9.17, 15) is 9.59 Å². The first-order chi connectivity index (χ1) is 9.65. The second-order valence-electron chi connectivity index (χ2n) is 3.52. The van der Waals surface area contributed by atoms with Crippen LogP contribution < -0.4 is 0 Å². The van der Waals surface area contributed by atoms with Gasteiger partial charge in [-0.05, 0) is 38.2 Å². The molecule has 0 atom stereocenters. The van der Waals surface area contributed by atoms with Crippen LogP contribution in [0.2, 0.25) is 0 Å². The summed E-state index contributed by atoms with van der Waals surface area (Å²) in [5, 5.41) is 7.26. The molecule has 104 valence electrons. The number of carbonyl (C=O) groups excluding carboxylic acids is 2. The molecule has 0 bridgehead atoms. The summed E-state index contributed by atoms with van der Waals surface area (Å²) < 4.78 is 0. The van der Waals surface area contributed by atoms with Crippen molar-refractivity contribution in [2.75, 3.05) is 0 Å². The van der Waals surface area contributed by atoms with Crippen LogP contribution in [0.15, 0.2) is 58.9 Å². The zero-order chi connectivity index (χ0) is 14.8. The summed E-state index contributed by atoms with van der Waals surface area (Å²) in [5.41, 5.74) is 0.892. The van der Waals surface area contributed by atoms with Crippen LogP contribution in [0, 0.1) is 0 Å². The molecule has 6 nitrogen and oxygen atoms in total. The van der Waals surface area contributed by atoms with Crippen molar-refractivity contribution in [3.05, 3.63) is 48.6 Å². The van der Waals surface area contributed by atoms with Crippen LogP contribution in [-0.4, -0.2) is 23.4 Å². The van der Waals surface area contributed by atoms with Crippen LogP contribution in [-0.2, 0) is 19.3 Å². The molecule has 20 heavy (non-hydrogen) atoms. The highest BCUT2D eigenvalue weighted by Gasteiger charge is 2.03. The molecule has 0 amide bonds. The van der Waals surface area contributed by atoms with Crippen molar-refractivity contribution in [2.45, 2.75) is 13.8 Å². The van der Waals surface area contributed by atoms with Crippen LogP contribution in [0.1, 0.15) is 13.8 Å². The van der Waals surface area contributed by atoms with Gasteiger partial charge in [-0.15, -0.1) is 0 Å². The normalized spacial score (nSPS) is 13.9. The van der Waals surface area contributed by atoms with Crippen molar-refractivity contribution < 1.29 is 19.3 Å². The van der Waals surface area contributed by atoms with E-state index in [1.165, 1.54) is 12.2 Å². The van der Waals surface area contributed by atoms with Gasteiger partial charge in [0.2, 0.25) is 0 Å². The molecule has 0 spiro atoms. The first-order valence-electron chi connectivity index (χ1n) is 5.85. The summed E-state index contributed by atoms with van der Waals surface area (Å²) in [6.07, 6.45) is 11.9. The average molecular weight is 274 g/mol. The zero-order valence-corrected chi connectivity index (χ0v) is 11.1. The maximum atomic E-state index is 11.0. The van der Waals surface area contributed by atoms with Crippen LogP contribution in [0.25, 0.3) is 0 Å². The van der Waals surface area contributed by atoms with Crippen LogP contribution in [0.5, 0.6) is 0 Å². The molecule has 0 heterocycles. The minimum absolute atomic E-state index is 0.446. The summed E-state index contributed by atoms with van der Waals surface area (Å²) in [7, 11) is 0. The summed E-state index contributed by atoms with van der Waals surface area (Å²) in [6.45, 7) is 3.40. The highest BCUT2D eigenvalue weighted by molar-refractivity contribution is 6.18. The molecule has 1 aliphatic rings. The van der Waals surface area contributed by atoms with Crippen molar-refractivity contribution in [2.24, 2.45) is 10.3 Å². The Labute approximate surface area is 116 Å². The van der Waals surface area contributed by atoms with Crippen molar-refractivity contribution in [3.63, 3.8) is 0 Å². The quantitative estimate of drug-likeness (QED) is 0.340. The molecule has 0 aliphatic heterocycles. The van der Waals surface area contributed by atoms with Crippen LogP contribution in [0.4, 0.5) is 0 Å². The topological polar surface area (TPSA) is 77.3 Å². The van der Waals surface area contributed by atoms with Gasteiger partial charge in [0.1, 0.15) is 11.4 Å². The summed E-state index contributed by atoms with van der Waals surface area (Å²) in [5.74, 6) is -1.11. The van der Waals surface area contributed by atoms with Gasteiger partial charge >= 0.3 is 11.9 Å². The Kier molecular flexibility index (Phi) is 6.40. The maximum absolute atomic E-state index is 11.0.